The molecule has 2 saturated heterocycles. The van der Waals surface area contributed by atoms with Crippen molar-refractivity contribution in [2.24, 2.45) is 0 Å². The van der Waals surface area contributed by atoms with Crippen molar-refractivity contribution in [1.29, 1.82) is 0 Å². The molecular weight excluding hydrogens is 362 g/mol. The van der Waals surface area contributed by atoms with Gasteiger partial charge in [0.1, 0.15) is 5.54 Å². The second-order valence-electron chi connectivity index (χ2n) is 8.15. The van der Waals surface area contributed by atoms with Crippen LogP contribution in [0.25, 0.3) is 0 Å². The molecule has 1 atom stereocenters. The minimum Gasteiger partial charge on any atom is -0.338 e. The number of nitrogens with one attached hydrogen (secondary N) is 1. The van der Waals surface area contributed by atoms with Gasteiger partial charge in [0.15, 0.2) is 0 Å². The van der Waals surface area contributed by atoms with Crippen LogP contribution in [0.5, 0.6) is 0 Å². The van der Waals surface area contributed by atoms with Gasteiger partial charge in [-0.25, -0.2) is 4.79 Å². The number of aryl methyl sites for hydroxylation is 1. The van der Waals surface area contributed by atoms with E-state index < -0.39 is 5.54 Å². The van der Waals surface area contributed by atoms with Gasteiger partial charge in [-0.05, 0) is 56.7 Å². The Labute approximate surface area is 172 Å². The number of piperidine rings is 1. The summed E-state index contributed by atoms with van der Waals surface area (Å²) in [5.74, 6) is 0.0725. The summed E-state index contributed by atoms with van der Waals surface area (Å²) in [6.45, 7) is 3.98. The SMILES string of the molecule is Cc1ccc(N2CCCC3(CCCN3C(=O)NCCc3ccccc3)C2=O)cc1. The van der Waals surface area contributed by atoms with Crippen molar-refractivity contribution in [3.63, 3.8) is 0 Å². The van der Waals surface area contributed by atoms with Gasteiger partial charge in [-0.2, -0.15) is 0 Å². The zero-order chi connectivity index (χ0) is 20.3. The van der Waals surface area contributed by atoms with Crippen molar-refractivity contribution in [1.82, 2.24) is 10.2 Å². The summed E-state index contributed by atoms with van der Waals surface area (Å²) in [5, 5.41) is 3.04. The van der Waals surface area contributed by atoms with Crippen LogP contribution in [0, 0.1) is 6.92 Å². The summed E-state index contributed by atoms with van der Waals surface area (Å²) >= 11 is 0. The first-order valence-electron chi connectivity index (χ1n) is 10.6. The molecule has 0 aliphatic carbocycles. The van der Waals surface area contributed by atoms with Gasteiger partial charge < -0.3 is 15.1 Å². The standard InChI is InChI=1S/C24H29N3O2/c1-19-9-11-21(12-10-19)26-17-5-14-24(22(26)28)15-6-18-27(24)23(29)25-16-13-20-7-3-2-4-8-20/h2-4,7-12H,5-6,13-18H2,1H3,(H,25,29). The Morgan fingerprint density at radius 1 is 1.00 bits per heavy atom. The fourth-order valence-electron chi connectivity index (χ4n) is 4.67. The van der Waals surface area contributed by atoms with Crippen LogP contribution in [0.15, 0.2) is 54.6 Å². The van der Waals surface area contributed by atoms with E-state index in [0.717, 1.165) is 37.8 Å². The van der Waals surface area contributed by atoms with Crippen molar-refractivity contribution in [3.8, 4) is 0 Å². The minimum atomic E-state index is -0.694. The topological polar surface area (TPSA) is 52.6 Å². The maximum absolute atomic E-state index is 13.5. The van der Waals surface area contributed by atoms with Gasteiger partial charge >= 0.3 is 6.03 Å². The molecule has 1 N–H and O–H groups in total. The van der Waals surface area contributed by atoms with E-state index >= 15 is 0 Å². The zero-order valence-electron chi connectivity index (χ0n) is 17.1. The first-order chi connectivity index (χ1) is 14.1. The molecular formula is C24H29N3O2. The molecule has 29 heavy (non-hydrogen) atoms. The Hall–Kier alpha value is -2.82. The minimum absolute atomic E-state index is 0.0725. The lowest BCUT2D eigenvalue weighted by Gasteiger charge is -2.44. The fraction of sp³-hybridized carbons (Fsp3) is 0.417. The molecule has 4 rings (SSSR count). The summed E-state index contributed by atoms with van der Waals surface area (Å²) < 4.78 is 0. The fourth-order valence-corrected chi connectivity index (χ4v) is 4.67. The second-order valence-corrected chi connectivity index (χ2v) is 8.15. The molecule has 2 heterocycles. The summed E-state index contributed by atoms with van der Waals surface area (Å²) in [5.41, 5.74) is 2.60. The lowest BCUT2D eigenvalue weighted by Crippen LogP contribution is -2.63. The smallest absolute Gasteiger partial charge is 0.318 e. The lowest BCUT2D eigenvalue weighted by molar-refractivity contribution is -0.129. The first kappa shape index (κ1) is 19.5. The van der Waals surface area contributed by atoms with Gasteiger partial charge in [0.05, 0.1) is 0 Å². The number of carbonyl (C=O) groups is 2. The van der Waals surface area contributed by atoms with Crippen LogP contribution in [0.3, 0.4) is 0 Å². The van der Waals surface area contributed by atoms with E-state index in [1.54, 1.807) is 4.90 Å². The Morgan fingerprint density at radius 2 is 1.69 bits per heavy atom. The van der Waals surface area contributed by atoms with Crippen LogP contribution in [0.4, 0.5) is 10.5 Å². The quantitative estimate of drug-likeness (QED) is 0.859. The maximum atomic E-state index is 13.5. The molecule has 5 nitrogen and oxygen atoms in total. The molecule has 0 aromatic heterocycles. The molecule has 2 fully saturated rings. The first-order valence-corrected chi connectivity index (χ1v) is 10.6. The number of anilines is 1. The number of nitrogens with zero attached hydrogens (tertiary/aromatic N) is 2. The van der Waals surface area contributed by atoms with Gasteiger partial charge in [-0.15, -0.1) is 0 Å². The molecule has 2 aromatic carbocycles. The normalized spacial score (nSPS) is 21.6. The van der Waals surface area contributed by atoms with Crippen LogP contribution >= 0.6 is 0 Å². The summed E-state index contributed by atoms with van der Waals surface area (Å²) in [6, 6.07) is 18.1. The highest BCUT2D eigenvalue weighted by atomic mass is 16.2. The van der Waals surface area contributed by atoms with E-state index in [2.05, 4.69) is 17.4 Å². The summed E-state index contributed by atoms with van der Waals surface area (Å²) in [6.07, 6.45) is 4.07. The Bertz CT molecular complexity index is 865. The number of hydrogen-bond donors (Lipinski definition) is 1. The third kappa shape index (κ3) is 3.86. The number of hydrogen-bond acceptors (Lipinski definition) is 2. The van der Waals surface area contributed by atoms with Gasteiger partial charge in [0.25, 0.3) is 5.91 Å². The molecule has 1 spiro atoms. The highest BCUT2D eigenvalue weighted by Gasteiger charge is 2.53. The average Bonchev–Trinajstić information content (AvgIpc) is 3.16. The van der Waals surface area contributed by atoms with E-state index in [0.29, 0.717) is 19.6 Å². The molecule has 0 bridgehead atoms. The van der Waals surface area contributed by atoms with Crippen molar-refractivity contribution in [2.45, 2.75) is 44.6 Å². The van der Waals surface area contributed by atoms with E-state index in [1.165, 1.54) is 11.1 Å². The van der Waals surface area contributed by atoms with Gasteiger partial charge in [-0.3, -0.25) is 4.79 Å². The van der Waals surface area contributed by atoms with Gasteiger partial charge in [0, 0.05) is 25.3 Å². The molecule has 152 valence electrons. The van der Waals surface area contributed by atoms with Crippen LogP contribution in [-0.4, -0.2) is 42.0 Å². The van der Waals surface area contributed by atoms with Gasteiger partial charge in [0.2, 0.25) is 0 Å². The van der Waals surface area contributed by atoms with Crippen LogP contribution in [-0.2, 0) is 11.2 Å². The number of urea groups is 1. The van der Waals surface area contributed by atoms with Crippen LogP contribution in [0.1, 0.15) is 36.8 Å². The highest BCUT2D eigenvalue weighted by molar-refractivity contribution is 6.03. The van der Waals surface area contributed by atoms with Crippen molar-refractivity contribution in [2.75, 3.05) is 24.5 Å². The zero-order valence-corrected chi connectivity index (χ0v) is 17.1. The largest absolute Gasteiger partial charge is 0.338 e. The Kier molecular flexibility index (Phi) is 5.56. The van der Waals surface area contributed by atoms with Crippen molar-refractivity contribution in [3.05, 3.63) is 65.7 Å². The predicted octanol–water partition coefficient (Wildman–Crippen LogP) is 3.91. The molecule has 2 aromatic rings. The van der Waals surface area contributed by atoms with E-state index in [1.807, 2.05) is 54.3 Å². The average molecular weight is 392 g/mol. The molecule has 2 aliphatic rings. The number of benzene rings is 2. The molecule has 1 unspecified atom stereocenters. The van der Waals surface area contributed by atoms with E-state index in [-0.39, 0.29) is 11.9 Å². The van der Waals surface area contributed by atoms with Crippen LogP contribution in [0.2, 0.25) is 0 Å². The maximum Gasteiger partial charge on any atom is 0.318 e. The van der Waals surface area contributed by atoms with E-state index in [9.17, 15) is 9.59 Å². The Morgan fingerprint density at radius 3 is 2.41 bits per heavy atom. The number of carbonyl (C=O) groups excluding carboxylic acids is 2. The monoisotopic (exact) mass is 391 g/mol. The third-order valence-electron chi connectivity index (χ3n) is 6.23. The second kappa shape index (κ2) is 8.27. The van der Waals surface area contributed by atoms with Gasteiger partial charge in [-0.1, -0.05) is 48.0 Å². The summed E-state index contributed by atoms with van der Waals surface area (Å²) in [7, 11) is 0. The van der Waals surface area contributed by atoms with Crippen LogP contribution < -0.4 is 10.2 Å². The predicted molar refractivity (Wildman–Crippen MR) is 115 cm³/mol. The third-order valence-corrected chi connectivity index (χ3v) is 6.23. The molecule has 0 saturated carbocycles. The number of rotatable bonds is 4. The molecule has 3 amide bonds. The molecule has 5 heteroatoms. The summed E-state index contributed by atoms with van der Waals surface area (Å²) in [4.78, 5) is 30.2. The molecule has 2 aliphatic heterocycles. The Balaban J connectivity index is 1.46. The van der Waals surface area contributed by atoms with Crippen molar-refractivity contribution < 1.29 is 9.59 Å². The number of likely N-dealkylation sites (tertiary alicyclic amines) is 1. The lowest BCUT2D eigenvalue weighted by atomic mass is 9.85. The number of amides is 3. The highest BCUT2D eigenvalue weighted by Crippen LogP contribution is 2.39. The molecule has 0 radical (unpaired) electrons. The van der Waals surface area contributed by atoms with Crippen molar-refractivity contribution >= 4 is 17.6 Å². The van der Waals surface area contributed by atoms with E-state index in [4.69, 9.17) is 0 Å².